The Morgan fingerprint density at radius 1 is 0.889 bits per heavy atom. The summed E-state index contributed by atoms with van der Waals surface area (Å²) in [6.45, 7) is 3.14. The molecule has 1 unspecified atom stereocenters. The molecule has 0 aromatic heterocycles. The number of nitrogens with one attached hydrogen (secondary N) is 2. The molecule has 4 heteroatoms. The molecule has 1 aliphatic heterocycles. The van der Waals surface area contributed by atoms with Crippen LogP contribution < -0.4 is 10.6 Å². The van der Waals surface area contributed by atoms with Gasteiger partial charge in [-0.1, -0.05) is 42.5 Å². The van der Waals surface area contributed by atoms with Crippen LogP contribution in [0, 0.1) is 0 Å². The van der Waals surface area contributed by atoms with E-state index in [0.29, 0.717) is 6.04 Å². The van der Waals surface area contributed by atoms with Crippen molar-refractivity contribution in [1.29, 1.82) is 0 Å². The van der Waals surface area contributed by atoms with Crippen molar-refractivity contribution in [2.75, 3.05) is 19.6 Å². The normalized spacial score (nSPS) is 18.8. The summed E-state index contributed by atoms with van der Waals surface area (Å²) in [5.74, 6) is 0. The highest BCUT2D eigenvalue weighted by atomic mass is 35.5. The fourth-order valence-corrected chi connectivity index (χ4v) is 2.43. The van der Waals surface area contributed by atoms with Crippen LogP contribution in [0.2, 0.25) is 0 Å². The zero-order chi connectivity index (χ0) is 10.8. The first kappa shape index (κ1) is 15.3. The molecule has 0 spiro atoms. The molecule has 2 nitrogen and oxygen atoms in total. The Bertz CT molecular complexity index is 491. The summed E-state index contributed by atoms with van der Waals surface area (Å²) in [6, 6.07) is 15.6. The quantitative estimate of drug-likeness (QED) is 0.842. The lowest BCUT2D eigenvalue weighted by atomic mass is 9.98. The van der Waals surface area contributed by atoms with Crippen molar-refractivity contribution in [1.82, 2.24) is 10.6 Å². The molecule has 1 atom stereocenters. The lowest BCUT2D eigenvalue weighted by Crippen LogP contribution is -2.42. The molecule has 1 saturated heterocycles. The highest BCUT2D eigenvalue weighted by molar-refractivity contribution is 5.86. The van der Waals surface area contributed by atoms with Crippen molar-refractivity contribution in [2.45, 2.75) is 6.04 Å². The maximum Gasteiger partial charge on any atom is 0.0453 e. The van der Waals surface area contributed by atoms with Crippen LogP contribution in [0.1, 0.15) is 11.6 Å². The Morgan fingerprint density at radius 2 is 1.67 bits per heavy atom. The number of benzene rings is 2. The van der Waals surface area contributed by atoms with Gasteiger partial charge >= 0.3 is 0 Å². The molecule has 2 aromatic carbocycles. The molecule has 98 valence electrons. The van der Waals surface area contributed by atoms with Crippen LogP contribution in [0.4, 0.5) is 0 Å². The lowest BCUT2D eigenvalue weighted by molar-refractivity contribution is 0.432. The molecule has 2 aromatic rings. The van der Waals surface area contributed by atoms with Crippen LogP contribution >= 0.6 is 24.8 Å². The molecule has 0 saturated carbocycles. The van der Waals surface area contributed by atoms with Gasteiger partial charge in [-0.2, -0.15) is 0 Å². The average molecular weight is 285 g/mol. The van der Waals surface area contributed by atoms with Gasteiger partial charge in [0.15, 0.2) is 0 Å². The van der Waals surface area contributed by atoms with Gasteiger partial charge in [-0.3, -0.25) is 0 Å². The smallest absolute Gasteiger partial charge is 0.0453 e. The van der Waals surface area contributed by atoms with Gasteiger partial charge in [0, 0.05) is 25.7 Å². The van der Waals surface area contributed by atoms with E-state index in [4.69, 9.17) is 0 Å². The molecule has 3 rings (SSSR count). The van der Waals surface area contributed by atoms with E-state index in [1.807, 2.05) is 0 Å². The summed E-state index contributed by atoms with van der Waals surface area (Å²) in [7, 11) is 0. The Hall–Kier alpha value is -0.800. The van der Waals surface area contributed by atoms with E-state index < -0.39 is 0 Å². The lowest BCUT2D eigenvalue weighted by Gasteiger charge is -2.26. The van der Waals surface area contributed by atoms with Crippen LogP contribution in [0.15, 0.2) is 42.5 Å². The topological polar surface area (TPSA) is 24.1 Å². The Kier molecular flexibility index (Phi) is 5.89. The average Bonchev–Trinajstić information content (AvgIpc) is 2.39. The summed E-state index contributed by atoms with van der Waals surface area (Å²) >= 11 is 0. The van der Waals surface area contributed by atoms with E-state index >= 15 is 0 Å². The molecule has 1 heterocycles. The zero-order valence-corrected chi connectivity index (χ0v) is 11.7. The highest BCUT2D eigenvalue weighted by Crippen LogP contribution is 2.24. The van der Waals surface area contributed by atoms with E-state index in [1.54, 1.807) is 0 Å². The minimum atomic E-state index is 0. The predicted molar refractivity (Wildman–Crippen MR) is 82.1 cm³/mol. The summed E-state index contributed by atoms with van der Waals surface area (Å²) in [4.78, 5) is 0. The summed E-state index contributed by atoms with van der Waals surface area (Å²) < 4.78 is 0. The molecule has 0 bridgehead atoms. The maximum atomic E-state index is 3.57. The van der Waals surface area contributed by atoms with Crippen LogP contribution in [-0.2, 0) is 0 Å². The first-order valence-corrected chi connectivity index (χ1v) is 5.87. The van der Waals surface area contributed by atoms with Gasteiger partial charge in [-0.25, -0.2) is 0 Å². The largest absolute Gasteiger partial charge is 0.314 e. The summed E-state index contributed by atoms with van der Waals surface area (Å²) in [5.41, 5.74) is 1.41. The van der Waals surface area contributed by atoms with Gasteiger partial charge in [0.1, 0.15) is 0 Å². The van der Waals surface area contributed by atoms with Gasteiger partial charge in [-0.15, -0.1) is 24.8 Å². The molecule has 0 amide bonds. The highest BCUT2D eigenvalue weighted by Gasteiger charge is 2.15. The van der Waals surface area contributed by atoms with Gasteiger partial charge in [0.2, 0.25) is 0 Å². The second kappa shape index (κ2) is 6.95. The number of fused-ring (bicyclic) bond motifs is 1. The standard InChI is InChI=1S/C14H16N2.2ClH/c1-2-6-12-11(4-1)5-3-7-13(12)14-10-15-8-9-16-14;;/h1-7,14-16H,8-10H2;2*1H. The third-order valence-electron chi connectivity index (χ3n) is 3.24. The van der Waals surface area contributed by atoms with Crippen LogP contribution in [0.5, 0.6) is 0 Å². The fraction of sp³-hybridized carbons (Fsp3) is 0.286. The molecule has 2 N–H and O–H groups in total. The minimum absolute atomic E-state index is 0. The molecule has 1 aliphatic rings. The first-order chi connectivity index (χ1) is 7.95. The summed E-state index contributed by atoms with van der Waals surface area (Å²) in [6.07, 6.45) is 0. The van der Waals surface area contributed by atoms with Crippen LogP contribution in [-0.4, -0.2) is 19.6 Å². The fourth-order valence-electron chi connectivity index (χ4n) is 2.43. The van der Waals surface area contributed by atoms with Crippen molar-refractivity contribution in [3.63, 3.8) is 0 Å². The number of piperazine rings is 1. The van der Waals surface area contributed by atoms with Crippen molar-refractivity contribution >= 4 is 35.6 Å². The van der Waals surface area contributed by atoms with Crippen molar-refractivity contribution in [2.24, 2.45) is 0 Å². The van der Waals surface area contributed by atoms with Crippen molar-refractivity contribution in [3.8, 4) is 0 Å². The van der Waals surface area contributed by atoms with E-state index in [1.165, 1.54) is 16.3 Å². The molecule has 0 aliphatic carbocycles. The third-order valence-corrected chi connectivity index (χ3v) is 3.24. The van der Waals surface area contributed by atoms with Crippen molar-refractivity contribution in [3.05, 3.63) is 48.0 Å². The maximum absolute atomic E-state index is 3.57. The van der Waals surface area contributed by atoms with Crippen molar-refractivity contribution < 1.29 is 0 Å². The van der Waals surface area contributed by atoms with E-state index in [2.05, 4.69) is 53.1 Å². The number of halogens is 2. The number of hydrogen-bond donors (Lipinski definition) is 2. The van der Waals surface area contributed by atoms with Gasteiger partial charge < -0.3 is 10.6 Å². The monoisotopic (exact) mass is 284 g/mol. The minimum Gasteiger partial charge on any atom is -0.314 e. The SMILES string of the molecule is Cl.Cl.c1ccc2c(C3CNCCN3)cccc2c1. The molecular weight excluding hydrogens is 267 g/mol. The Labute approximate surface area is 120 Å². The van der Waals surface area contributed by atoms with E-state index in [0.717, 1.165) is 19.6 Å². The number of hydrogen-bond acceptors (Lipinski definition) is 2. The van der Waals surface area contributed by atoms with Gasteiger partial charge in [0.25, 0.3) is 0 Å². The first-order valence-electron chi connectivity index (χ1n) is 5.87. The molecule has 1 fully saturated rings. The molecular formula is C14H18Cl2N2. The third kappa shape index (κ3) is 2.96. The Morgan fingerprint density at radius 3 is 2.44 bits per heavy atom. The molecule has 18 heavy (non-hydrogen) atoms. The van der Waals surface area contributed by atoms with Gasteiger partial charge in [0.05, 0.1) is 0 Å². The second-order valence-electron chi connectivity index (χ2n) is 4.28. The second-order valence-corrected chi connectivity index (χ2v) is 4.28. The van der Waals surface area contributed by atoms with E-state index in [-0.39, 0.29) is 24.8 Å². The Balaban J connectivity index is 0.000000810. The molecule has 0 radical (unpaired) electrons. The number of rotatable bonds is 1. The van der Waals surface area contributed by atoms with E-state index in [9.17, 15) is 0 Å². The zero-order valence-electron chi connectivity index (χ0n) is 10.1. The van der Waals surface area contributed by atoms with Crippen LogP contribution in [0.3, 0.4) is 0 Å². The van der Waals surface area contributed by atoms with Gasteiger partial charge in [-0.05, 0) is 16.3 Å². The van der Waals surface area contributed by atoms with Crippen LogP contribution in [0.25, 0.3) is 10.8 Å². The summed E-state index contributed by atoms with van der Waals surface area (Å²) in [5, 5.41) is 9.69. The predicted octanol–water partition coefficient (Wildman–Crippen LogP) is 2.92.